The first-order chi connectivity index (χ1) is 10.6. The van der Waals surface area contributed by atoms with Crippen LogP contribution in [0.25, 0.3) is 0 Å². The van der Waals surface area contributed by atoms with E-state index in [-0.39, 0.29) is 18.9 Å². The van der Waals surface area contributed by atoms with Crippen molar-refractivity contribution in [2.75, 3.05) is 18.5 Å². The number of halogens is 3. The molecule has 0 aliphatic rings. The van der Waals surface area contributed by atoms with Gasteiger partial charge >= 0.3 is 6.03 Å². The summed E-state index contributed by atoms with van der Waals surface area (Å²) in [6.45, 7) is 0.372. The standard InChI is InChI=1S/C15H13Cl2FN2O2/c16-11-6-5-10(9-12(11)17)20-15(21)19-7-8-22-14-4-2-1-3-13(14)18/h1-6,9H,7-8H2,(H2,19,20,21). The number of rotatable bonds is 5. The van der Waals surface area contributed by atoms with Gasteiger partial charge in [0, 0.05) is 5.69 Å². The molecule has 0 aromatic heterocycles. The molecule has 0 heterocycles. The van der Waals surface area contributed by atoms with E-state index >= 15 is 0 Å². The number of benzene rings is 2. The van der Waals surface area contributed by atoms with Crippen LogP contribution >= 0.6 is 23.2 Å². The third-order valence-electron chi connectivity index (χ3n) is 2.66. The van der Waals surface area contributed by atoms with Crippen LogP contribution in [-0.2, 0) is 0 Å². The predicted molar refractivity (Wildman–Crippen MR) is 85.4 cm³/mol. The first kappa shape index (κ1) is 16.4. The molecular formula is C15H13Cl2FN2O2. The Morgan fingerprint density at radius 2 is 1.91 bits per heavy atom. The Kier molecular flexibility index (Phi) is 5.86. The topological polar surface area (TPSA) is 50.4 Å². The number of hydrogen-bond acceptors (Lipinski definition) is 2. The summed E-state index contributed by atoms with van der Waals surface area (Å²) in [7, 11) is 0. The summed E-state index contributed by atoms with van der Waals surface area (Å²) in [6.07, 6.45) is 0. The van der Waals surface area contributed by atoms with E-state index in [1.807, 2.05) is 0 Å². The van der Waals surface area contributed by atoms with Crippen LogP contribution in [0, 0.1) is 5.82 Å². The molecule has 2 rings (SSSR count). The van der Waals surface area contributed by atoms with Crippen molar-refractivity contribution in [1.29, 1.82) is 0 Å². The van der Waals surface area contributed by atoms with Crippen molar-refractivity contribution in [3.8, 4) is 5.75 Å². The quantitative estimate of drug-likeness (QED) is 0.794. The van der Waals surface area contributed by atoms with Crippen molar-refractivity contribution in [2.45, 2.75) is 0 Å². The maximum atomic E-state index is 13.3. The highest BCUT2D eigenvalue weighted by molar-refractivity contribution is 6.42. The van der Waals surface area contributed by atoms with Crippen LogP contribution in [0.3, 0.4) is 0 Å². The molecule has 0 bridgehead atoms. The second kappa shape index (κ2) is 7.87. The number of anilines is 1. The molecule has 2 aromatic rings. The smallest absolute Gasteiger partial charge is 0.319 e. The molecule has 4 nitrogen and oxygen atoms in total. The molecule has 0 fully saturated rings. The highest BCUT2D eigenvalue weighted by Gasteiger charge is 2.05. The number of nitrogens with one attached hydrogen (secondary N) is 2. The minimum Gasteiger partial charge on any atom is -0.489 e. The Balaban J connectivity index is 1.74. The second-order valence-corrected chi connectivity index (χ2v) is 5.10. The van der Waals surface area contributed by atoms with Crippen molar-refractivity contribution in [3.63, 3.8) is 0 Å². The van der Waals surface area contributed by atoms with Gasteiger partial charge in [-0.05, 0) is 30.3 Å². The SMILES string of the molecule is O=C(NCCOc1ccccc1F)Nc1ccc(Cl)c(Cl)c1. The fourth-order valence-electron chi connectivity index (χ4n) is 1.64. The van der Waals surface area contributed by atoms with Gasteiger partial charge in [0.05, 0.1) is 16.6 Å². The molecule has 22 heavy (non-hydrogen) atoms. The van der Waals surface area contributed by atoms with Gasteiger partial charge in [0.2, 0.25) is 0 Å². The molecule has 0 aliphatic heterocycles. The predicted octanol–water partition coefficient (Wildman–Crippen LogP) is 4.33. The zero-order valence-corrected chi connectivity index (χ0v) is 12.9. The van der Waals surface area contributed by atoms with Crippen LogP contribution in [-0.4, -0.2) is 19.2 Å². The average molecular weight is 343 g/mol. The lowest BCUT2D eigenvalue weighted by atomic mass is 10.3. The molecule has 7 heteroatoms. The van der Waals surface area contributed by atoms with Gasteiger partial charge in [0.15, 0.2) is 11.6 Å². The van der Waals surface area contributed by atoms with Crippen molar-refractivity contribution in [2.24, 2.45) is 0 Å². The van der Waals surface area contributed by atoms with Gasteiger partial charge in [-0.25, -0.2) is 9.18 Å². The number of carbonyl (C=O) groups is 1. The summed E-state index contributed by atoms with van der Waals surface area (Å²) in [4.78, 5) is 11.7. The minimum atomic E-state index is -0.442. The largest absolute Gasteiger partial charge is 0.489 e. The lowest BCUT2D eigenvalue weighted by Crippen LogP contribution is -2.32. The molecule has 2 aromatic carbocycles. The van der Waals surface area contributed by atoms with Crippen LogP contribution in [0.4, 0.5) is 14.9 Å². The number of hydrogen-bond donors (Lipinski definition) is 2. The molecule has 2 N–H and O–H groups in total. The minimum absolute atomic E-state index is 0.147. The highest BCUT2D eigenvalue weighted by atomic mass is 35.5. The maximum absolute atomic E-state index is 13.3. The molecule has 0 aliphatic carbocycles. The number of amides is 2. The molecule has 0 radical (unpaired) electrons. The van der Waals surface area contributed by atoms with E-state index in [2.05, 4.69) is 10.6 Å². The van der Waals surface area contributed by atoms with E-state index in [9.17, 15) is 9.18 Å². The number of carbonyl (C=O) groups excluding carboxylic acids is 1. The number of para-hydroxylation sites is 1. The van der Waals surface area contributed by atoms with Crippen LogP contribution < -0.4 is 15.4 Å². The third kappa shape index (κ3) is 4.79. The van der Waals surface area contributed by atoms with Gasteiger partial charge in [-0.1, -0.05) is 35.3 Å². The van der Waals surface area contributed by atoms with Gasteiger partial charge in [-0.3, -0.25) is 0 Å². The lowest BCUT2D eigenvalue weighted by molar-refractivity contribution is 0.246. The Morgan fingerprint density at radius 3 is 2.64 bits per heavy atom. The van der Waals surface area contributed by atoms with Gasteiger partial charge in [-0.2, -0.15) is 0 Å². The van der Waals surface area contributed by atoms with E-state index in [1.54, 1.807) is 30.3 Å². The van der Waals surface area contributed by atoms with Gasteiger partial charge in [-0.15, -0.1) is 0 Å². The fourth-order valence-corrected chi connectivity index (χ4v) is 1.93. The van der Waals surface area contributed by atoms with E-state index in [4.69, 9.17) is 27.9 Å². The van der Waals surface area contributed by atoms with Crippen LogP contribution in [0.15, 0.2) is 42.5 Å². The first-order valence-corrected chi connectivity index (χ1v) is 7.19. The summed E-state index contributed by atoms with van der Waals surface area (Å²) < 4.78 is 18.5. The maximum Gasteiger partial charge on any atom is 0.319 e. The lowest BCUT2D eigenvalue weighted by Gasteiger charge is -2.10. The van der Waals surface area contributed by atoms with E-state index in [0.29, 0.717) is 15.7 Å². The highest BCUT2D eigenvalue weighted by Crippen LogP contribution is 2.24. The molecule has 0 saturated carbocycles. The van der Waals surface area contributed by atoms with Crippen LogP contribution in [0.2, 0.25) is 10.0 Å². The molecule has 116 valence electrons. The van der Waals surface area contributed by atoms with Gasteiger partial charge in [0.25, 0.3) is 0 Å². The molecule has 0 saturated heterocycles. The summed E-state index contributed by atoms with van der Waals surface area (Å²) in [5.41, 5.74) is 0.516. The normalized spacial score (nSPS) is 10.1. The molecule has 0 unspecified atom stereocenters. The van der Waals surface area contributed by atoms with Crippen LogP contribution in [0.5, 0.6) is 5.75 Å². The van der Waals surface area contributed by atoms with Crippen LogP contribution in [0.1, 0.15) is 0 Å². The molecule has 0 spiro atoms. The summed E-state index contributed by atoms with van der Waals surface area (Å²) >= 11 is 11.6. The Hall–Kier alpha value is -1.98. The first-order valence-electron chi connectivity index (χ1n) is 6.43. The van der Waals surface area contributed by atoms with Crippen molar-refractivity contribution < 1.29 is 13.9 Å². The van der Waals surface area contributed by atoms with Crippen molar-refractivity contribution in [1.82, 2.24) is 5.32 Å². The molecule has 0 atom stereocenters. The van der Waals surface area contributed by atoms with Crippen molar-refractivity contribution >= 4 is 34.9 Å². The van der Waals surface area contributed by atoms with E-state index in [1.165, 1.54) is 12.1 Å². The summed E-state index contributed by atoms with van der Waals surface area (Å²) in [5, 5.41) is 5.94. The zero-order valence-electron chi connectivity index (χ0n) is 11.4. The molecular weight excluding hydrogens is 330 g/mol. The third-order valence-corrected chi connectivity index (χ3v) is 3.40. The second-order valence-electron chi connectivity index (χ2n) is 4.29. The van der Waals surface area contributed by atoms with E-state index < -0.39 is 11.8 Å². The average Bonchev–Trinajstić information content (AvgIpc) is 2.49. The number of ether oxygens (including phenoxy) is 1. The van der Waals surface area contributed by atoms with Gasteiger partial charge in [0.1, 0.15) is 6.61 Å². The summed E-state index contributed by atoms with van der Waals surface area (Å²) in [6, 6.07) is 10.4. The molecule has 2 amide bonds. The Bertz CT molecular complexity index is 668. The Labute approximate surface area is 137 Å². The fraction of sp³-hybridized carbons (Fsp3) is 0.133. The zero-order chi connectivity index (χ0) is 15.9. The monoisotopic (exact) mass is 342 g/mol. The number of urea groups is 1. The Morgan fingerprint density at radius 1 is 1.14 bits per heavy atom. The van der Waals surface area contributed by atoms with E-state index in [0.717, 1.165) is 0 Å². The van der Waals surface area contributed by atoms with Gasteiger partial charge < -0.3 is 15.4 Å². The summed E-state index contributed by atoms with van der Waals surface area (Å²) in [5.74, 6) is -0.294. The van der Waals surface area contributed by atoms with Crippen molar-refractivity contribution in [3.05, 3.63) is 58.3 Å².